The first-order valence-electron chi connectivity index (χ1n) is 30.7. The van der Waals surface area contributed by atoms with E-state index in [4.69, 9.17) is 12.5 Å². The van der Waals surface area contributed by atoms with Crippen molar-refractivity contribution in [1.82, 2.24) is 14.1 Å². The van der Waals surface area contributed by atoms with Gasteiger partial charge in [-0.15, -0.1) is 17.5 Å². The van der Waals surface area contributed by atoms with Gasteiger partial charge in [0.1, 0.15) is 5.82 Å². The fourth-order valence-electron chi connectivity index (χ4n) is 13.3. The number of pyridine rings is 1. The molecule has 0 bridgehead atoms. The molecule has 0 fully saturated rings. The molecule has 1 aliphatic rings. The summed E-state index contributed by atoms with van der Waals surface area (Å²) in [5, 5.41) is 8.91. The van der Waals surface area contributed by atoms with E-state index in [0.717, 1.165) is 76.9 Å². The number of fused-ring (bicyclic) bond motifs is 10. The van der Waals surface area contributed by atoms with E-state index in [1.165, 1.54) is 33.9 Å². The summed E-state index contributed by atoms with van der Waals surface area (Å²) in [6.07, 6.45) is 0.148. The Bertz CT molecular complexity index is 5020. The number of para-hydroxylation sites is 3. The molecule has 11 aromatic carbocycles. The first kappa shape index (κ1) is 53.4. The zero-order valence-corrected chi connectivity index (χ0v) is 53.4. The van der Waals surface area contributed by atoms with E-state index in [9.17, 15) is 0 Å². The van der Waals surface area contributed by atoms with Gasteiger partial charge in [-0.3, -0.25) is 0 Å². The molecule has 4 heterocycles. The van der Waals surface area contributed by atoms with E-state index < -0.39 is 19.6 Å². The zero-order chi connectivity index (χ0) is 59.9. The van der Waals surface area contributed by atoms with Gasteiger partial charge in [-0.1, -0.05) is 37.6 Å². The van der Waals surface area contributed by atoms with Crippen molar-refractivity contribution in [2.75, 3.05) is 4.90 Å². The molecule has 0 saturated carbocycles. The van der Waals surface area contributed by atoms with Crippen molar-refractivity contribution < 1.29 is 28.5 Å². The number of rotatable bonds is 11. The Hall–Kier alpha value is -9.13. The van der Waals surface area contributed by atoms with Gasteiger partial charge in [0.2, 0.25) is 0 Å². The zero-order valence-electron chi connectivity index (χ0n) is 51.1. The van der Waals surface area contributed by atoms with Crippen LogP contribution in [0, 0.1) is 24.7 Å². The van der Waals surface area contributed by atoms with Gasteiger partial charge in [0.05, 0.1) is 0 Å². The number of aromatic nitrogens is 3. The number of hydrogen-bond donors (Lipinski definition) is 0. The average Bonchev–Trinajstić information content (AvgIpc) is 1.75. The monoisotopic (exact) mass is 1370 g/mol. The minimum Gasteiger partial charge on any atom is -0.159 e. The first-order valence-corrected chi connectivity index (χ1v) is 33.9. The SMILES string of the molecule is [2H]C([2H])(c1ccnc(-n2c3[c-]c(Oc4[c-]c(N5[CH-]n6c7c(-c8cc(C(C)(C)C)c[c]([Ge]([c]9ccccc9)([c]9ccccc9)[c]9ccccc9)c8)cccc7c7ccccc7c7ccccc7c7cccc5c76)ccc4)ccc3c3ccccc32)c1)C(C)C.[Pt]. The Kier molecular flexibility index (Phi) is 13.9. The van der Waals surface area contributed by atoms with Gasteiger partial charge < -0.3 is 4.57 Å². The van der Waals surface area contributed by atoms with Crippen LogP contribution in [0.4, 0.5) is 11.4 Å². The molecular formula is C80H63GeN4OPt-3. The van der Waals surface area contributed by atoms with E-state index >= 15 is 0 Å². The second-order valence-corrected chi connectivity index (χ2v) is 31.9. The van der Waals surface area contributed by atoms with Crippen molar-refractivity contribution in [3.05, 3.63) is 297 Å². The summed E-state index contributed by atoms with van der Waals surface area (Å²) in [5.74, 6) is 1.43. The predicted molar refractivity (Wildman–Crippen MR) is 363 cm³/mol. The Morgan fingerprint density at radius 3 is 1.70 bits per heavy atom. The molecule has 3 aromatic heterocycles. The molecule has 426 valence electrons. The molecule has 5 nitrogen and oxygen atoms in total. The second-order valence-electron chi connectivity index (χ2n) is 23.9. The summed E-state index contributed by atoms with van der Waals surface area (Å²) >= 11 is -3.83. The van der Waals surface area contributed by atoms with Crippen LogP contribution in [0.25, 0.3) is 82.1 Å². The van der Waals surface area contributed by atoms with Crippen LogP contribution < -0.4 is 27.2 Å². The van der Waals surface area contributed by atoms with Crippen molar-refractivity contribution in [1.29, 1.82) is 0 Å². The van der Waals surface area contributed by atoms with Gasteiger partial charge in [0.15, 0.2) is 0 Å². The number of nitrogens with zero attached hydrogens (tertiary/aromatic N) is 4. The van der Waals surface area contributed by atoms with Crippen molar-refractivity contribution in [3.8, 4) is 28.4 Å². The summed E-state index contributed by atoms with van der Waals surface area (Å²) in [6, 6.07) is 102. The van der Waals surface area contributed by atoms with E-state index in [0.29, 0.717) is 22.9 Å². The first-order chi connectivity index (χ1) is 42.9. The fourth-order valence-corrected chi connectivity index (χ4v) is 23.5. The maximum atomic E-state index is 8.96. The molecule has 7 heteroatoms. The number of hydrogen-bond acceptors (Lipinski definition) is 3. The maximum absolute atomic E-state index is 8.96. The van der Waals surface area contributed by atoms with Crippen LogP contribution in [0.15, 0.2) is 267 Å². The second kappa shape index (κ2) is 22.6. The van der Waals surface area contributed by atoms with Gasteiger partial charge in [-0.25, -0.2) is 4.98 Å². The molecule has 1 aliphatic heterocycles. The van der Waals surface area contributed by atoms with Crippen LogP contribution in [-0.4, -0.2) is 27.4 Å². The third kappa shape index (κ3) is 9.69. The molecule has 0 unspecified atom stereocenters. The van der Waals surface area contributed by atoms with Crippen molar-refractivity contribution in [2.45, 2.75) is 46.4 Å². The standard InChI is InChI=1S/C80H63GeN4O.Pt/c1-54(2)46-55-44-45-82-77(47-55)85-74-40-20-19-36-70(74)71-43-42-64(52-76(71)85)86-63-31-21-30-62(51-63)83-53-84-78-65(37-22-38-72(78)68-34-17-15-32-66(68)67-33-16-18-35-69(67)73-39-23-41-75(83)79(73)84)56-48-57(80(3,4)5)50-61(49-56)81(58-24-9-6-10-25-58,59-26-11-7-12-27-59)60-28-13-8-14-29-60;/h6-45,47-50,53-54H,46H2,1-5H3;/q-3;/i46D2;. The Labute approximate surface area is 528 Å². The molecule has 0 saturated heterocycles. The van der Waals surface area contributed by atoms with Crippen LogP contribution in [0.2, 0.25) is 0 Å². The molecule has 14 aromatic rings. The summed E-state index contributed by atoms with van der Waals surface area (Å²) in [6.45, 7) is 13.1. The van der Waals surface area contributed by atoms with E-state index in [1.54, 1.807) is 12.3 Å². The van der Waals surface area contributed by atoms with Gasteiger partial charge in [0.25, 0.3) is 0 Å². The third-order valence-electron chi connectivity index (χ3n) is 17.1. The van der Waals surface area contributed by atoms with Gasteiger partial charge in [-0.05, 0) is 41.4 Å². The number of ether oxygens (including phenoxy) is 1. The summed E-state index contributed by atoms with van der Waals surface area (Å²) in [4.78, 5) is 7.09. The van der Waals surface area contributed by atoms with Crippen molar-refractivity contribution in [3.63, 3.8) is 0 Å². The minimum atomic E-state index is -3.83. The minimum absolute atomic E-state index is 0. The normalized spacial score (nSPS) is 12.8. The van der Waals surface area contributed by atoms with E-state index in [-0.39, 0.29) is 32.4 Å². The molecule has 0 spiro atoms. The molecule has 0 N–H and O–H groups in total. The average molecular weight is 1370 g/mol. The van der Waals surface area contributed by atoms with Crippen molar-refractivity contribution in [2.24, 2.45) is 5.92 Å². The number of benzene rings is 11. The van der Waals surface area contributed by atoms with Gasteiger partial charge >= 0.3 is 373 Å². The van der Waals surface area contributed by atoms with Crippen LogP contribution in [-0.2, 0) is 32.9 Å². The smallest absolute Gasteiger partial charge is 0.159 e. The Balaban J connectivity index is 0.00000694. The molecule has 0 aliphatic carbocycles. The fraction of sp³-hybridized carbons (Fsp3) is 0.100. The summed E-state index contributed by atoms with van der Waals surface area (Å²) in [7, 11) is 0. The van der Waals surface area contributed by atoms with Gasteiger partial charge in [0, 0.05) is 41.3 Å². The third-order valence-corrected chi connectivity index (χ3v) is 27.1. The molecule has 0 amide bonds. The van der Waals surface area contributed by atoms with Gasteiger partial charge in [-0.2, -0.15) is 6.07 Å². The topological polar surface area (TPSA) is 35.2 Å². The summed E-state index contributed by atoms with van der Waals surface area (Å²) in [5.41, 5.74) is 9.63. The molecular weight excluding hydrogens is 1300 g/mol. The van der Waals surface area contributed by atoms with E-state index in [2.05, 4.69) is 272 Å². The Morgan fingerprint density at radius 1 is 0.517 bits per heavy atom. The van der Waals surface area contributed by atoms with Crippen LogP contribution >= 0.6 is 0 Å². The predicted octanol–water partition coefficient (Wildman–Crippen LogP) is 17.8. The van der Waals surface area contributed by atoms with Crippen LogP contribution in [0.1, 0.15) is 48.5 Å². The van der Waals surface area contributed by atoms with Crippen LogP contribution in [0.5, 0.6) is 11.5 Å². The summed E-state index contributed by atoms with van der Waals surface area (Å²) < 4.78 is 34.8. The number of anilines is 2. The quantitative estimate of drug-likeness (QED) is 0.0956. The van der Waals surface area contributed by atoms with Crippen LogP contribution in [0.3, 0.4) is 0 Å². The molecule has 0 atom stereocenters. The molecule has 15 rings (SSSR count). The Morgan fingerprint density at radius 2 is 1.07 bits per heavy atom. The van der Waals surface area contributed by atoms with Crippen molar-refractivity contribution >= 4 is 107 Å². The van der Waals surface area contributed by atoms with E-state index in [1.807, 2.05) is 50.2 Å². The molecule has 87 heavy (non-hydrogen) atoms. The molecule has 0 radical (unpaired) electrons.